The molecular weight excluding hydrogens is 392 g/mol. The lowest BCUT2D eigenvalue weighted by atomic mass is 10.2. The van der Waals surface area contributed by atoms with E-state index in [1.54, 1.807) is 18.3 Å². The molecule has 2 heterocycles. The third-order valence-corrected chi connectivity index (χ3v) is 5.59. The Bertz CT molecular complexity index is 958. The largest absolute Gasteiger partial charge is 0.382 e. The molecule has 2 fully saturated rings. The maximum absolute atomic E-state index is 11.7. The maximum atomic E-state index is 11.7. The number of nitrogens with zero attached hydrogens (tertiary/aromatic N) is 3. The number of anilines is 4. The predicted octanol–water partition coefficient (Wildman–Crippen LogP) is 1.02. The molecule has 1 aliphatic heterocycles. The van der Waals surface area contributed by atoms with E-state index in [1.165, 1.54) is 0 Å². The standard InChI is InChI=1S/C19H24N6O3S/c20-19(26)16-12-21-18(11-17(16)22-13-1-2-13)25-9-7-24(8-10-25)15-5-3-14(4-6-15)23-29(27)28/h3-6,11-13,29H,1-2,7-10H2,(H2,20,26)(H,21,22)(H,23,27,28). The second kappa shape index (κ2) is 8.16. The van der Waals surface area contributed by atoms with Crippen molar-refractivity contribution in [3.05, 3.63) is 42.1 Å². The van der Waals surface area contributed by atoms with E-state index in [0.717, 1.165) is 56.2 Å². The van der Waals surface area contributed by atoms with Gasteiger partial charge in [0, 0.05) is 55.9 Å². The van der Waals surface area contributed by atoms with Gasteiger partial charge < -0.3 is 20.9 Å². The highest BCUT2D eigenvalue weighted by Gasteiger charge is 2.25. The van der Waals surface area contributed by atoms with E-state index in [2.05, 4.69) is 24.8 Å². The van der Waals surface area contributed by atoms with Crippen LogP contribution in [-0.2, 0) is 10.9 Å². The number of nitrogens with two attached hydrogens (primary N) is 1. The lowest BCUT2D eigenvalue weighted by molar-refractivity contribution is 0.100. The fraction of sp³-hybridized carbons (Fsp3) is 0.368. The Morgan fingerprint density at radius 2 is 1.72 bits per heavy atom. The molecule has 0 atom stereocenters. The lowest BCUT2D eigenvalue weighted by Crippen LogP contribution is -2.46. The summed E-state index contributed by atoms with van der Waals surface area (Å²) in [6, 6.07) is 9.67. The molecule has 0 unspecified atom stereocenters. The average molecular weight is 417 g/mol. The van der Waals surface area contributed by atoms with E-state index in [4.69, 9.17) is 5.73 Å². The van der Waals surface area contributed by atoms with Crippen molar-refractivity contribution in [2.24, 2.45) is 5.73 Å². The number of aromatic nitrogens is 1. The van der Waals surface area contributed by atoms with Crippen LogP contribution in [0.2, 0.25) is 0 Å². The first kappa shape index (κ1) is 19.3. The van der Waals surface area contributed by atoms with Crippen molar-refractivity contribution in [1.82, 2.24) is 4.98 Å². The molecule has 9 nitrogen and oxygen atoms in total. The van der Waals surface area contributed by atoms with E-state index in [9.17, 15) is 13.2 Å². The smallest absolute Gasteiger partial charge is 0.252 e. The topological polar surface area (TPSA) is 121 Å². The number of primary amides is 1. The molecule has 2 aromatic rings. The first-order chi connectivity index (χ1) is 14.0. The summed E-state index contributed by atoms with van der Waals surface area (Å²) in [6.45, 7) is 3.21. The van der Waals surface area contributed by atoms with Gasteiger partial charge in [-0.15, -0.1) is 0 Å². The molecule has 4 N–H and O–H groups in total. The summed E-state index contributed by atoms with van der Waals surface area (Å²) in [7, 11) is -2.66. The highest BCUT2D eigenvalue weighted by atomic mass is 32.2. The van der Waals surface area contributed by atoms with E-state index >= 15 is 0 Å². The van der Waals surface area contributed by atoms with Crippen LogP contribution in [0.4, 0.5) is 22.9 Å². The molecule has 4 rings (SSSR count). The van der Waals surface area contributed by atoms with Crippen LogP contribution in [0.25, 0.3) is 0 Å². The summed E-state index contributed by atoms with van der Waals surface area (Å²) in [5.41, 5.74) is 8.26. The minimum atomic E-state index is -2.66. The quantitative estimate of drug-likeness (QED) is 0.497. The van der Waals surface area contributed by atoms with Crippen LogP contribution in [0.1, 0.15) is 23.2 Å². The van der Waals surface area contributed by atoms with Gasteiger partial charge in [-0.3, -0.25) is 9.52 Å². The summed E-state index contributed by atoms with van der Waals surface area (Å²) in [5.74, 6) is 0.355. The van der Waals surface area contributed by atoms with Crippen LogP contribution in [0.3, 0.4) is 0 Å². The van der Waals surface area contributed by atoms with Gasteiger partial charge in [-0.25, -0.2) is 13.4 Å². The molecule has 1 aromatic carbocycles. The Kier molecular flexibility index (Phi) is 5.43. The summed E-state index contributed by atoms with van der Waals surface area (Å²) >= 11 is 0. The number of nitrogens with one attached hydrogen (secondary N) is 2. The molecule has 1 aromatic heterocycles. The molecule has 1 aliphatic carbocycles. The van der Waals surface area contributed by atoms with Gasteiger partial charge in [0.25, 0.3) is 5.91 Å². The molecule has 0 radical (unpaired) electrons. The number of piperazine rings is 1. The number of pyridine rings is 1. The Labute approximate surface area is 171 Å². The normalized spacial score (nSPS) is 16.7. The minimum Gasteiger partial charge on any atom is -0.382 e. The Hall–Kier alpha value is -3.01. The molecule has 29 heavy (non-hydrogen) atoms. The second-order valence-electron chi connectivity index (χ2n) is 7.26. The van der Waals surface area contributed by atoms with Crippen molar-refractivity contribution in [2.75, 3.05) is 46.0 Å². The SMILES string of the molecule is NC(=O)c1cnc(N2CCN(c3ccc(N[SH](=O)=O)cc3)CC2)cc1NC1CC1. The van der Waals surface area contributed by atoms with Gasteiger partial charge in [-0.1, -0.05) is 0 Å². The molecule has 1 saturated carbocycles. The number of thiol groups is 1. The van der Waals surface area contributed by atoms with Crippen molar-refractivity contribution in [1.29, 1.82) is 0 Å². The molecule has 1 amide bonds. The number of carbonyl (C=O) groups excluding carboxylic acids is 1. The fourth-order valence-corrected chi connectivity index (χ4v) is 3.79. The number of hydrogen-bond donors (Lipinski definition) is 4. The summed E-state index contributed by atoms with van der Waals surface area (Å²) < 4.78 is 23.9. The highest BCUT2D eigenvalue weighted by molar-refractivity contribution is 7.73. The predicted molar refractivity (Wildman–Crippen MR) is 114 cm³/mol. The maximum Gasteiger partial charge on any atom is 0.252 e. The number of amides is 1. The summed E-state index contributed by atoms with van der Waals surface area (Å²) in [6.07, 6.45) is 3.77. The van der Waals surface area contributed by atoms with Crippen molar-refractivity contribution in [3.8, 4) is 0 Å². The number of rotatable bonds is 7. The van der Waals surface area contributed by atoms with Crippen LogP contribution in [0.15, 0.2) is 36.5 Å². The van der Waals surface area contributed by atoms with Crippen LogP contribution in [0, 0.1) is 0 Å². The monoisotopic (exact) mass is 416 g/mol. The number of hydrogen-bond acceptors (Lipinski definition) is 7. The third-order valence-electron chi connectivity index (χ3n) is 5.15. The lowest BCUT2D eigenvalue weighted by Gasteiger charge is -2.37. The van der Waals surface area contributed by atoms with Gasteiger partial charge in [0.15, 0.2) is 0 Å². The van der Waals surface area contributed by atoms with E-state index < -0.39 is 16.8 Å². The first-order valence-corrected chi connectivity index (χ1v) is 10.7. The van der Waals surface area contributed by atoms with Gasteiger partial charge >= 0.3 is 0 Å². The molecule has 0 bridgehead atoms. The molecule has 154 valence electrons. The van der Waals surface area contributed by atoms with Crippen LogP contribution < -0.4 is 25.6 Å². The van der Waals surface area contributed by atoms with Gasteiger partial charge in [0.2, 0.25) is 10.9 Å². The van der Waals surface area contributed by atoms with E-state index in [-0.39, 0.29) is 0 Å². The van der Waals surface area contributed by atoms with E-state index in [0.29, 0.717) is 17.3 Å². The average Bonchev–Trinajstić information content (AvgIpc) is 3.52. The number of carbonyl (C=O) groups is 1. The van der Waals surface area contributed by atoms with Crippen molar-refractivity contribution < 1.29 is 13.2 Å². The van der Waals surface area contributed by atoms with Crippen LogP contribution >= 0.6 is 0 Å². The first-order valence-electron chi connectivity index (χ1n) is 9.57. The summed E-state index contributed by atoms with van der Waals surface area (Å²) in [4.78, 5) is 20.6. The molecule has 1 saturated heterocycles. The molecule has 10 heteroatoms. The zero-order chi connectivity index (χ0) is 20.4. The van der Waals surface area contributed by atoms with Crippen molar-refractivity contribution >= 4 is 39.7 Å². The van der Waals surface area contributed by atoms with Gasteiger partial charge in [0.05, 0.1) is 11.3 Å². The molecule has 0 spiro atoms. The third kappa shape index (κ3) is 4.70. The zero-order valence-electron chi connectivity index (χ0n) is 15.9. The fourth-order valence-electron chi connectivity index (χ4n) is 3.43. The molecule has 2 aliphatic rings. The highest BCUT2D eigenvalue weighted by Crippen LogP contribution is 2.29. The molecular formula is C19H24N6O3S. The van der Waals surface area contributed by atoms with Crippen molar-refractivity contribution in [3.63, 3.8) is 0 Å². The Morgan fingerprint density at radius 1 is 1.07 bits per heavy atom. The van der Waals surface area contributed by atoms with Crippen LogP contribution in [0.5, 0.6) is 0 Å². The van der Waals surface area contributed by atoms with Gasteiger partial charge in [-0.2, -0.15) is 0 Å². The second-order valence-corrected chi connectivity index (χ2v) is 8.00. The van der Waals surface area contributed by atoms with Gasteiger partial charge in [-0.05, 0) is 37.1 Å². The Morgan fingerprint density at radius 3 is 2.31 bits per heavy atom. The van der Waals surface area contributed by atoms with E-state index in [1.807, 2.05) is 18.2 Å². The minimum absolute atomic E-state index is 0.414. The van der Waals surface area contributed by atoms with Gasteiger partial charge in [0.1, 0.15) is 5.82 Å². The van der Waals surface area contributed by atoms with Crippen molar-refractivity contribution in [2.45, 2.75) is 18.9 Å². The summed E-state index contributed by atoms with van der Waals surface area (Å²) in [5, 5.41) is 3.37. The van der Waals surface area contributed by atoms with Crippen LogP contribution in [-0.4, -0.2) is 51.5 Å². The Balaban J connectivity index is 1.42. The number of benzene rings is 1. The zero-order valence-corrected chi connectivity index (χ0v) is 16.8.